The van der Waals surface area contributed by atoms with Gasteiger partial charge in [0.25, 0.3) is 0 Å². The minimum absolute atomic E-state index is 0.793. The predicted octanol–water partition coefficient (Wildman–Crippen LogP) is 3.50. The Labute approximate surface area is 79.9 Å². The van der Waals surface area contributed by atoms with Crippen LogP contribution in [-0.4, -0.2) is 11.4 Å². The molecule has 1 aromatic carbocycles. The molecule has 0 amide bonds. The molecule has 1 unspecified atom stereocenters. The first kappa shape index (κ1) is 8.59. The van der Waals surface area contributed by atoms with E-state index in [0.717, 1.165) is 18.8 Å². The summed E-state index contributed by atoms with van der Waals surface area (Å²) < 4.78 is 0. The van der Waals surface area contributed by atoms with Gasteiger partial charge in [-0.25, -0.2) is 0 Å². The van der Waals surface area contributed by atoms with E-state index < -0.39 is 0 Å². The standard InChI is InChI=1S/C10H13PS/c1-8-7-11-10(12-8)9-5-3-2-4-6-9/h2-6,8,10-11H,7H2,1H3/t8-,10+/m1/s1. The molecule has 64 valence electrons. The lowest BCUT2D eigenvalue weighted by Crippen LogP contribution is -1.89. The highest BCUT2D eigenvalue weighted by molar-refractivity contribution is 8.06. The van der Waals surface area contributed by atoms with Crippen molar-refractivity contribution < 1.29 is 0 Å². The van der Waals surface area contributed by atoms with Crippen LogP contribution in [0.1, 0.15) is 17.5 Å². The monoisotopic (exact) mass is 196 g/mol. The minimum Gasteiger partial charge on any atom is -0.146 e. The number of rotatable bonds is 1. The Bertz CT molecular complexity index is 247. The zero-order valence-electron chi connectivity index (χ0n) is 7.16. The highest BCUT2D eigenvalue weighted by atomic mass is 32.2. The maximum absolute atomic E-state index is 2.33. The van der Waals surface area contributed by atoms with Gasteiger partial charge in [-0.3, -0.25) is 0 Å². The molecule has 0 N–H and O–H groups in total. The first-order valence-corrected chi connectivity index (χ1v) is 6.53. The molecule has 3 atom stereocenters. The van der Waals surface area contributed by atoms with Crippen molar-refractivity contribution in [3.05, 3.63) is 35.9 Å². The van der Waals surface area contributed by atoms with Gasteiger partial charge >= 0.3 is 0 Å². The van der Waals surface area contributed by atoms with E-state index in [-0.39, 0.29) is 0 Å². The SMILES string of the molecule is C[C@@H]1CP[C@H](c2ccccc2)S1. The van der Waals surface area contributed by atoms with E-state index in [1.54, 1.807) is 0 Å². The molecule has 2 heteroatoms. The second-order valence-corrected chi connectivity index (χ2v) is 6.51. The Morgan fingerprint density at radius 1 is 1.33 bits per heavy atom. The predicted molar refractivity (Wildman–Crippen MR) is 59.4 cm³/mol. The maximum Gasteiger partial charge on any atom is 0.0469 e. The topological polar surface area (TPSA) is 0 Å². The van der Waals surface area contributed by atoms with E-state index in [9.17, 15) is 0 Å². The van der Waals surface area contributed by atoms with Crippen LogP contribution in [0.25, 0.3) is 0 Å². The Morgan fingerprint density at radius 3 is 2.67 bits per heavy atom. The van der Waals surface area contributed by atoms with Crippen molar-refractivity contribution in [3.63, 3.8) is 0 Å². The van der Waals surface area contributed by atoms with Crippen LogP contribution in [0.2, 0.25) is 0 Å². The summed E-state index contributed by atoms with van der Waals surface area (Å²) in [6.45, 7) is 2.33. The Kier molecular flexibility index (Phi) is 2.73. The molecule has 0 nitrogen and oxygen atoms in total. The lowest BCUT2D eigenvalue weighted by molar-refractivity contribution is 1.14. The van der Waals surface area contributed by atoms with Crippen LogP contribution in [0, 0.1) is 0 Å². The molecule has 2 rings (SSSR count). The van der Waals surface area contributed by atoms with Gasteiger partial charge in [-0.15, -0.1) is 20.3 Å². The molecule has 1 heterocycles. The highest BCUT2D eigenvalue weighted by Crippen LogP contribution is 2.53. The number of thioether (sulfide) groups is 1. The smallest absolute Gasteiger partial charge is 0.0469 e. The van der Waals surface area contributed by atoms with Gasteiger partial charge in [0, 0.05) is 10.2 Å². The summed E-state index contributed by atoms with van der Waals surface area (Å²) >= 11 is 2.13. The van der Waals surface area contributed by atoms with Crippen molar-refractivity contribution in [1.82, 2.24) is 0 Å². The molecule has 1 aromatic rings. The molecule has 12 heavy (non-hydrogen) atoms. The second-order valence-electron chi connectivity index (χ2n) is 3.15. The summed E-state index contributed by atoms with van der Waals surface area (Å²) in [5.41, 5.74) is 1.52. The molecular formula is C10H13PS. The quantitative estimate of drug-likeness (QED) is 0.619. The van der Waals surface area contributed by atoms with Crippen molar-refractivity contribution in [3.8, 4) is 0 Å². The van der Waals surface area contributed by atoms with E-state index in [1.165, 1.54) is 11.7 Å². The third-order valence-corrected chi connectivity index (χ3v) is 5.99. The fourth-order valence-corrected chi connectivity index (χ4v) is 5.22. The lowest BCUT2D eigenvalue weighted by atomic mass is 10.2. The van der Waals surface area contributed by atoms with E-state index in [0.29, 0.717) is 0 Å². The van der Waals surface area contributed by atoms with Crippen LogP contribution in [0.15, 0.2) is 30.3 Å². The summed E-state index contributed by atoms with van der Waals surface area (Å²) in [6.07, 6.45) is 1.41. The van der Waals surface area contributed by atoms with Crippen molar-refractivity contribution in [2.45, 2.75) is 17.2 Å². The van der Waals surface area contributed by atoms with Crippen LogP contribution in [0.4, 0.5) is 0 Å². The highest BCUT2D eigenvalue weighted by Gasteiger charge is 2.22. The molecule has 0 saturated carbocycles. The van der Waals surface area contributed by atoms with Gasteiger partial charge in [0.2, 0.25) is 0 Å². The van der Waals surface area contributed by atoms with Crippen molar-refractivity contribution in [2.75, 3.05) is 6.16 Å². The molecule has 0 bridgehead atoms. The zero-order chi connectivity index (χ0) is 8.39. The van der Waals surface area contributed by atoms with E-state index in [1.807, 2.05) is 0 Å². The largest absolute Gasteiger partial charge is 0.146 e. The van der Waals surface area contributed by atoms with Crippen molar-refractivity contribution in [2.24, 2.45) is 0 Å². The van der Waals surface area contributed by atoms with Gasteiger partial charge in [0.15, 0.2) is 0 Å². The van der Waals surface area contributed by atoms with Crippen LogP contribution < -0.4 is 0 Å². The van der Waals surface area contributed by atoms with Crippen LogP contribution >= 0.6 is 20.3 Å². The summed E-state index contributed by atoms with van der Waals surface area (Å²) in [6, 6.07) is 10.9. The summed E-state index contributed by atoms with van der Waals surface area (Å²) in [7, 11) is 1.12. The summed E-state index contributed by atoms with van der Waals surface area (Å²) in [5.74, 6) is 0. The van der Waals surface area contributed by atoms with Crippen molar-refractivity contribution >= 4 is 20.3 Å². The summed E-state index contributed by atoms with van der Waals surface area (Å²) in [4.78, 5) is 0.793. The minimum atomic E-state index is 0.793. The number of benzene rings is 1. The Hall–Kier alpha value is -0.0000000000000000555. The third-order valence-electron chi connectivity index (χ3n) is 2.06. The van der Waals surface area contributed by atoms with E-state index >= 15 is 0 Å². The zero-order valence-corrected chi connectivity index (χ0v) is 8.97. The molecule has 1 aliphatic heterocycles. The molecule has 1 aliphatic rings. The first-order chi connectivity index (χ1) is 5.86. The Balaban J connectivity index is 2.11. The van der Waals surface area contributed by atoms with Gasteiger partial charge in [-0.2, -0.15) is 0 Å². The average molecular weight is 196 g/mol. The van der Waals surface area contributed by atoms with Crippen LogP contribution in [0.5, 0.6) is 0 Å². The molecule has 0 spiro atoms. The van der Waals surface area contributed by atoms with Gasteiger partial charge in [-0.05, 0) is 11.7 Å². The van der Waals surface area contributed by atoms with Gasteiger partial charge in [0.05, 0.1) is 0 Å². The van der Waals surface area contributed by atoms with Crippen LogP contribution in [-0.2, 0) is 0 Å². The first-order valence-electron chi connectivity index (χ1n) is 4.30. The van der Waals surface area contributed by atoms with Crippen molar-refractivity contribution in [1.29, 1.82) is 0 Å². The Morgan fingerprint density at radius 2 is 2.08 bits per heavy atom. The molecule has 1 saturated heterocycles. The molecule has 1 fully saturated rings. The number of hydrogen-bond donors (Lipinski definition) is 0. The van der Waals surface area contributed by atoms with E-state index in [2.05, 4.69) is 49.0 Å². The molecule has 0 aliphatic carbocycles. The lowest BCUT2D eigenvalue weighted by Gasteiger charge is -2.08. The van der Waals surface area contributed by atoms with Gasteiger partial charge in [0.1, 0.15) is 0 Å². The average Bonchev–Trinajstić information content (AvgIpc) is 2.54. The van der Waals surface area contributed by atoms with Gasteiger partial charge < -0.3 is 0 Å². The fraction of sp³-hybridized carbons (Fsp3) is 0.400. The summed E-state index contributed by atoms with van der Waals surface area (Å²) in [5, 5.41) is 0.869. The fourth-order valence-electron chi connectivity index (χ4n) is 1.43. The van der Waals surface area contributed by atoms with Crippen LogP contribution in [0.3, 0.4) is 0 Å². The van der Waals surface area contributed by atoms with E-state index in [4.69, 9.17) is 0 Å². The molecule has 0 radical (unpaired) electrons. The normalized spacial score (nSPS) is 31.1. The van der Waals surface area contributed by atoms with Gasteiger partial charge in [-0.1, -0.05) is 37.3 Å². The molecule has 0 aromatic heterocycles. The second kappa shape index (κ2) is 3.81. The molecular weight excluding hydrogens is 183 g/mol. The maximum atomic E-state index is 2.33. The third kappa shape index (κ3) is 1.84. The number of hydrogen-bond acceptors (Lipinski definition) is 1.